The minimum Gasteiger partial charge on any atom is -0.364 e. The first kappa shape index (κ1) is 20.9. The van der Waals surface area contributed by atoms with Crippen LogP contribution in [0, 0.1) is 0 Å². The van der Waals surface area contributed by atoms with Gasteiger partial charge in [0.1, 0.15) is 12.1 Å². The number of hydrogen-bond acceptors (Lipinski definition) is 7. The van der Waals surface area contributed by atoms with E-state index in [9.17, 15) is 13.6 Å². The molecule has 2 N–H and O–H groups in total. The summed E-state index contributed by atoms with van der Waals surface area (Å²) in [6.07, 6.45) is 4.06. The van der Waals surface area contributed by atoms with Gasteiger partial charge in [0, 0.05) is 38.8 Å². The summed E-state index contributed by atoms with van der Waals surface area (Å²) in [5.41, 5.74) is 0.919. The van der Waals surface area contributed by atoms with Gasteiger partial charge in [-0.2, -0.15) is 0 Å². The summed E-state index contributed by atoms with van der Waals surface area (Å²) in [6.45, 7) is 3.83. The van der Waals surface area contributed by atoms with Crippen molar-refractivity contribution < 1.29 is 13.6 Å². The zero-order chi connectivity index (χ0) is 22.0. The number of aromatic nitrogens is 5. The number of rotatable bonds is 7. The quantitative estimate of drug-likeness (QED) is 0.593. The number of aryl methyl sites for hydroxylation is 1. The molecule has 0 saturated carbocycles. The number of halogens is 2. The molecule has 1 aliphatic rings. The predicted octanol–water partition coefficient (Wildman–Crippen LogP) is 2.32. The van der Waals surface area contributed by atoms with E-state index in [1.54, 1.807) is 10.8 Å². The maximum atomic E-state index is 13.1. The van der Waals surface area contributed by atoms with Crippen LogP contribution in [0.2, 0.25) is 0 Å². The average Bonchev–Trinajstić information content (AvgIpc) is 3.37. The van der Waals surface area contributed by atoms with E-state index in [0.717, 1.165) is 32.3 Å². The van der Waals surface area contributed by atoms with Gasteiger partial charge < -0.3 is 20.1 Å². The third kappa shape index (κ3) is 4.54. The number of imidazole rings is 1. The first-order chi connectivity index (χ1) is 14.9. The van der Waals surface area contributed by atoms with Crippen LogP contribution in [0.4, 0.5) is 20.4 Å². The highest BCUT2D eigenvalue weighted by molar-refractivity contribution is 5.96. The summed E-state index contributed by atoms with van der Waals surface area (Å²) in [5, 5.41) is 5.63. The van der Waals surface area contributed by atoms with E-state index in [4.69, 9.17) is 0 Å². The molecule has 0 aliphatic carbocycles. The molecule has 0 radical (unpaired) electrons. The molecule has 4 heterocycles. The summed E-state index contributed by atoms with van der Waals surface area (Å²) in [4.78, 5) is 32.0. The number of carbonyl (C=O) groups excluding carboxylic acids is 1. The third-order valence-corrected chi connectivity index (χ3v) is 5.11. The topological polar surface area (TPSA) is 101 Å². The van der Waals surface area contributed by atoms with E-state index in [2.05, 4.69) is 35.5 Å². The summed E-state index contributed by atoms with van der Waals surface area (Å²) < 4.78 is 27.9. The SMILES string of the molecule is CCn1c(C(=O)NCC(C)(F)F)nc2c(NC3CCN(c4ccccn4)C3)ncnc21. The van der Waals surface area contributed by atoms with E-state index >= 15 is 0 Å². The van der Waals surface area contributed by atoms with E-state index in [-0.39, 0.29) is 11.9 Å². The van der Waals surface area contributed by atoms with Gasteiger partial charge in [-0.3, -0.25) is 4.79 Å². The fourth-order valence-corrected chi connectivity index (χ4v) is 3.65. The van der Waals surface area contributed by atoms with Crippen LogP contribution in [-0.4, -0.2) is 62.0 Å². The molecule has 0 spiro atoms. The van der Waals surface area contributed by atoms with Crippen molar-refractivity contribution in [3.8, 4) is 0 Å². The summed E-state index contributed by atoms with van der Waals surface area (Å²) in [5.74, 6) is -2.21. The Hall–Kier alpha value is -3.37. The molecule has 1 aliphatic heterocycles. The van der Waals surface area contributed by atoms with Gasteiger partial charge >= 0.3 is 0 Å². The molecule has 1 saturated heterocycles. The van der Waals surface area contributed by atoms with Gasteiger partial charge in [0.25, 0.3) is 11.8 Å². The maximum absolute atomic E-state index is 13.1. The van der Waals surface area contributed by atoms with Crippen molar-refractivity contribution in [3.63, 3.8) is 0 Å². The molecule has 11 heteroatoms. The van der Waals surface area contributed by atoms with E-state index < -0.39 is 18.4 Å². The highest BCUT2D eigenvalue weighted by Crippen LogP contribution is 2.24. The zero-order valence-electron chi connectivity index (χ0n) is 17.3. The van der Waals surface area contributed by atoms with E-state index in [0.29, 0.717) is 23.5 Å². The van der Waals surface area contributed by atoms with Crippen molar-refractivity contribution in [2.75, 3.05) is 29.9 Å². The normalized spacial score (nSPS) is 16.6. The lowest BCUT2D eigenvalue weighted by atomic mass is 10.2. The van der Waals surface area contributed by atoms with Gasteiger partial charge in [0.2, 0.25) is 5.82 Å². The van der Waals surface area contributed by atoms with Gasteiger partial charge in [-0.25, -0.2) is 28.7 Å². The summed E-state index contributed by atoms with van der Waals surface area (Å²) >= 11 is 0. The second-order valence-corrected chi connectivity index (χ2v) is 7.59. The number of pyridine rings is 1. The highest BCUT2D eigenvalue weighted by Gasteiger charge is 2.27. The Morgan fingerprint density at radius 2 is 2.13 bits per heavy atom. The smallest absolute Gasteiger partial charge is 0.287 e. The lowest BCUT2D eigenvalue weighted by Crippen LogP contribution is -2.35. The third-order valence-electron chi connectivity index (χ3n) is 5.11. The van der Waals surface area contributed by atoms with Crippen LogP contribution < -0.4 is 15.5 Å². The van der Waals surface area contributed by atoms with Gasteiger partial charge in [0.15, 0.2) is 17.0 Å². The Morgan fingerprint density at radius 1 is 1.29 bits per heavy atom. The Balaban J connectivity index is 1.55. The minimum absolute atomic E-state index is 0.0341. The lowest BCUT2D eigenvalue weighted by molar-refractivity contribution is 0.0219. The lowest BCUT2D eigenvalue weighted by Gasteiger charge is -2.18. The fourth-order valence-electron chi connectivity index (χ4n) is 3.65. The number of hydrogen-bond donors (Lipinski definition) is 2. The number of nitrogens with zero attached hydrogens (tertiary/aromatic N) is 6. The van der Waals surface area contributed by atoms with Crippen molar-refractivity contribution in [1.29, 1.82) is 0 Å². The number of nitrogens with one attached hydrogen (secondary N) is 2. The molecule has 0 aromatic carbocycles. The molecule has 9 nitrogen and oxygen atoms in total. The Morgan fingerprint density at radius 3 is 2.84 bits per heavy atom. The molecular formula is C20H24F2N8O. The predicted molar refractivity (Wildman–Crippen MR) is 112 cm³/mol. The number of amides is 1. The molecule has 164 valence electrons. The molecule has 1 atom stereocenters. The Bertz CT molecular complexity index is 1070. The Kier molecular flexibility index (Phi) is 5.66. The summed E-state index contributed by atoms with van der Waals surface area (Å²) in [6, 6.07) is 5.92. The van der Waals surface area contributed by atoms with Crippen LogP contribution in [0.25, 0.3) is 11.2 Å². The molecule has 31 heavy (non-hydrogen) atoms. The van der Waals surface area contributed by atoms with Gasteiger partial charge in [-0.1, -0.05) is 6.07 Å². The summed E-state index contributed by atoms with van der Waals surface area (Å²) in [7, 11) is 0. The maximum Gasteiger partial charge on any atom is 0.287 e. The van der Waals surface area contributed by atoms with Crippen molar-refractivity contribution in [1.82, 2.24) is 29.8 Å². The van der Waals surface area contributed by atoms with Crippen molar-refractivity contribution in [2.24, 2.45) is 0 Å². The molecule has 3 aromatic heterocycles. The van der Waals surface area contributed by atoms with E-state index in [1.807, 2.05) is 25.1 Å². The first-order valence-electron chi connectivity index (χ1n) is 10.2. The minimum atomic E-state index is -3.01. The number of carbonyl (C=O) groups is 1. The molecule has 0 bridgehead atoms. The van der Waals surface area contributed by atoms with Gasteiger partial charge in [0.05, 0.1) is 6.54 Å². The molecule has 1 unspecified atom stereocenters. The number of anilines is 2. The monoisotopic (exact) mass is 430 g/mol. The average molecular weight is 430 g/mol. The standard InChI is InChI=1S/C20H24F2N8O/c1-3-30-17-15(28-18(30)19(31)24-11-20(2,21)22)16(25-12-26-17)27-13-7-9-29(10-13)14-6-4-5-8-23-14/h4-6,8,12-13H,3,7,9-11H2,1-2H3,(H,24,31)(H,25,26,27). The second kappa shape index (κ2) is 8.40. The fraction of sp³-hybridized carbons (Fsp3) is 0.450. The first-order valence-corrected chi connectivity index (χ1v) is 10.2. The molecule has 1 amide bonds. The van der Waals surface area contributed by atoms with Gasteiger partial charge in [-0.05, 0) is 25.5 Å². The van der Waals surface area contributed by atoms with Crippen molar-refractivity contribution >= 4 is 28.7 Å². The molecule has 1 fully saturated rings. The van der Waals surface area contributed by atoms with Crippen LogP contribution in [0.3, 0.4) is 0 Å². The zero-order valence-corrected chi connectivity index (χ0v) is 17.3. The second-order valence-electron chi connectivity index (χ2n) is 7.59. The van der Waals surface area contributed by atoms with Crippen LogP contribution >= 0.6 is 0 Å². The molecular weight excluding hydrogens is 406 g/mol. The number of fused-ring (bicyclic) bond motifs is 1. The largest absolute Gasteiger partial charge is 0.364 e. The number of alkyl halides is 2. The molecule has 4 rings (SSSR count). The Labute approximate surface area is 177 Å². The van der Waals surface area contributed by atoms with Gasteiger partial charge in [-0.15, -0.1) is 0 Å². The van der Waals surface area contributed by atoms with Crippen LogP contribution in [0.1, 0.15) is 30.9 Å². The van der Waals surface area contributed by atoms with Crippen molar-refractivity contribution in [2.45, 2.75) is 38.8 Å². The van der Waals surface area contributed by atoms with Crippen LogP contribution in [-0.2, 0) is 6.54 Å². The van der Waals surface area contributed by atoms with E-state index in [1.165, 1.54) is 6.33 Å². The van der Waals surface area contributed by atoms with Crippen LogP contribution in [0.15, 0.2) is 30.7 Å². The molecule has 3 aromatic rings. The van der Waals surface area contributed by atoms with Crippen LogP contribution in [0.5, 0.6) is 0 Å². The highest BCUT2D eigenvalue weighted by atomic mass is 19.3. The van der Waals surface area contributed by atoms with Crippen molar-refractivity contribution in [3.05, 3.63) is 36.5 Å².